The fraction of sp³-hybridized carbons (Fsp3) is 0.368. The smallest absolute Gasteiger partial charge is 0.282 e. The Hall–Kier alpha value is -1.74. The zero-order valence-electron chi connectivity index (χ0n) is 15.8. The van der Waals surface area contributed by atoms with Crippen LogP contribution in [-0.2, 0) is 26.7 Å². The first-order valence-electron chi connectivity index (χ1n) is 8.46. The van der Waals surface area contributed by atoms with Crippen LogP contribution in [-0.4, -0.2) is 25.9 Å². The van der Waals surface area contributed by atoms with E-state index in [4.69, 9.17) is 0 Å². The minimum atomic E-state index is -4.52. The van der Waals surface area contributed by atoms with Gasteiger partial charge in [0, 0.05) is 0 Å². The van der Waals surface area contributed by atoms with Crippen LogP contribution >= 0.6 is 0 Å². The van der Waals surface area contributed by atoms with Crippen LogP contribution < -0.4 is 0 Å². The monoisotopic (exact) mass is 412 g/mol. The minimum Gasteiger partial charge on any atom is -0.282 e. The van der Waals surface area contributed by atoms with E-state index in [2.05, 4.69) is 6.58 Å². The third-order valence-corrected chi connectivity index (χ3v) is 6.66. The molecule has 0 atom stereocenters. The second-order valence-electron chi connectivity index (χ2n) is 6.92. The molecule has 0 unspecified atom stereocenters. The van der Waals surface area contributed by atoms with Crippen molar-refractivity contribution >= 4 is 31.0 Å². The number of hydrogen-bond donors (Lipinski definition) is 2. The molecule has 2 rings (SSSR count). The summed E-state index contributed by atoms with van der Waals surface area (Å²) in [5.74, 6) is -0.0725. The maximum atomic E-state index is 11.9. The molecule has 0 saturated heterocycles. The predicted octanol–water partition coefficient (Wildman–Crippen LogP) is 4.19. The maximum Gasteiger partial charge on any atom is 0.294 e. The molecule has 8 heteroatoms. The number of hydrogen-bond acceptors (Lipinski definition) is 4. The van der Waals surface area contributed by atoms with Gasteiger partial charge >= 0.3 is 0 Å². The molecule has 2 aromatic rings. The molecule has 0 heterocycles. The van der Waals surface area contributed by atoms with Crippen LogP contribution in [0.4, 0.5) is 0 Å². The fourth-order valence-electron chi connectivity index (χ4n) is 3.67. The first kappa shape index (κ1) is 21.6. The molecule has 0 aliphatic carbocycles. The summed E-state index contributed by atoms with van der Waals surface area (Å²) in [6.45, 7) is 10.8. The van der Waals surface area contributed by atoms with E-state index in [1.165, 1.54) is 12.1 Å². The highest BCUT2D eigenvalue weighted by Crippen LogP contribution is 2.38. The third kappa shape index (κ3) is 4.08. The molecule has 148 valence electrons. The summed E-state index contributed by atoms with van der Waals surface area (Å²) in [6.07, 6.45) is 2.55. The van der Waals surface area contributed by atoms with E-state index in [9.17, 15) is 25.9 Å². The molecule has 0 aromatic heterocycles. The molecule has 0 amide bonds. The van der Waals surface area contributed by atoms with Crippen molar-refractivity contribution in [1.29, 1.82) is 0 Å². The zero-order chi connectivity index (χ0) is 20.7. The largest absolute Gasteiger partial charge is 0.294 e. The van der Waals surface area contributed by atoms with Gasteiger partial charge in [-0.2, -0.15) is 16.8 Å². The lowest BCUT2D eigenvalue weighted by Crippen LogP contribution is -2.10. The molecule has 0 fully saturated rings. The van der Waals surface area contributed by atoms with E-state index >= 15 is 0 Å². The van der Waals surface area contributed by atoms with Crippen LogP contribution in [0, 0.1) is 13.8 Å². The number of rotatable bonds is 6. The molecule has 2 aromatic carbocycles. The van der Waals surface area contributed by atoms with Gasteiger partial charge in [0.05, 0.1) is 9.79 Å². The van der Waals surface area contributed by atoms with Gasteiger partial charge < -0.3 is 0 Å². The Bertz CT molecular complexity index is 1130. The summed E-state index contributed by atoms with van der Waals surface area (Å²) in [4.78, 5) is -0.521. The highest BCUT2D eigenvalue weighted by Gasteiger charge is 2.25. The zero-order valence-corrected chi connectivity index (χ0v) is 17.4. The average molecular weight is 413 g/mol. The van der Waals surface area contributed by atoms with Gasteiger partial charge in [0.25, 0.3) is 20.2 Å². The summed E-state index contributed by atoms with van der Waals surface area (Å²) in [6, 6.07) is 2.53. The van der Waals surface area contributed by atoms with Gasteiger partial charge in [-0.3, -0.25) is 9.11 Å². The van der Waals surface area contributed by atoms with Crippen molar-refractivity contribution in [2.45, 2.75) is 56.2 Å². The Morgan fingerprint density at radius 1 is 1.00 bits per heavy atom. The van der Waals surface area contributed by atoms with Crippen LogP contribution in [0.2, 0.25) is 0 Å². The molecule has 6 nitrogen and oxygen atoms in total. The van der Waals surface area contributed by atoms with Gasteiger partial charge in [-0.25, -0.2) is 0 Å². The van der Waals surface area contributed by atoms with Crippen molar-refractivity contribution < 1.29 is 25.9 Å². The summed E-state index contributed by atoms with van der Waals surface area (Å²) >= 11 is 0. The van der Waals surface area contributed by atoms with Gasteiger partial charge in [0.15, 0.2) is 0 Å². The van der Waals surface area contributed by atoms with Crippen LogP contribution in [0.25, 0.3) is 10.8 Å². The lowest BCUT2D eigenvalue weighted by molar-refractivity contribution is 0.480. The first-order chi connectivity index (χ1) is 12.3. The molecule has 2 N–H and O–H groups in total. The fourth-order valence-corrected chi connectivity index (χ4v) is 5.29. The van der Waals surface area contributed by atoms with Crippen molar-refractivity contribution in [3.05, 3.63) is 47.0 Å². The van der Waals surface area contributed by atoms with Gasteiger partial charge in [0.1, 0.15) is 0 Å². The number of fused-ring (bicyclic) bond motifs is 1. The standard InChI is InChI=1S/C19H24O6S2/c1-6-7-8-15-12(4)19-14(10-17(15)27(23,24)25)9-16(26(20,21)22)13(5)18(19)11(2)3/h6,9-11H,1,7-8H2,2-5H3,(H,20,21,22)(H,23,24,25). The molecule has 0 aliphatic heterocycles. The lowest BCUT2D eigenvalue weighted by atomic mass is 9.87. The number of aryl methyl sites for hydroxylation is 1. The Balaban J connectivity index is 3.14. The van der Waals surface area contributed by atoms with E-state index in [0.717, 1.165) is 10.9 Å². The Kier molecular flexibility index (Phi) is 5.87. The summed E-state index contributed by atoms with van der Waals surface area (Å²) in [5, 5.41) is 1.07. The Morgan fingerprint density at radius 2 is 1.52 bits per heavy atom. The van der Waals surface area contributed by atoms with Crippen LogP contribution in [0.15, 0.2) is 34.6 Å². The van der Waals surface area contributed by atoms with Crippen LogP contribution in [0.5, 0.6) is 0 Å². The minimum absolute atomic E-state index is 0.0725. The molecule has 27 heavy (non-hydrogen) atoms. The SMILES string of the molecule is C=CCCc1c(S(=O)(=O)O)cc2cc(S(=O)(=O)O)c(C)c(C(C)C)c2c1C. The van der Waals surface area contributed by atoms with Crippen molar-refractivity contribution in [2.75, 3.05) is 0 Å². The average Bonchev–Trinajstić information content (AvgIpc) is 2.51. The van der Waals surface area contributed by atoms with Crippen molar-refractivity contribution in [2.24, 2.45) is 0 Å². The third-order valence-electron chi connectivity index (χ3n) is 4.76. The molecular weight excluding hydrogens is 388 g/mol. The van der Waals surface area contributed by atoms with Gasteiger partial charge in [0.2, 0.25) is 0 Å². The quantitative estimate of drug-likeness (QED) is 0.544. The summed E-state index contributed by atoms with van der Waals surface area (Å²) in [7, 11) is -9.01. The molecule has 0 aliphatic rings. The normalized spacial score (nSPS) is 12.7. The van der Waals surface area contributed by atoms with Crippen molar-refractivity contribution in [1.82, 2.24) is 0 Å². The first-order valence-corrected chi connectivity index (χ1v) is 11.3. The lowest BCUT2D eigenvalue weighted by Gasteiger charge is -2.21. The topological polar surface area (TPSA) is 109 Å². The van der Waals surface area contributed by atoms with Crippen LogP contribution in [0.1, 0.15) is 48.4 Å². The predicted molar refractivity (Wildman–Crippen MR) is 106 cm³/mol. The van der Waals surface area contributed by atoms with E-state index in [-0.39, 0.29) is 15.7 Å². The number of benzene rings is 2. The van der Waals surface area contributed by atoms with Gasteiger partial charge in [-0.05, 0) is 77.8 Å². The van der Waals surface area contributed by atoms with Crippen LogP contribution in [0.3, 0.4) is 0 Å². The summed E-state index contributed by atoms with van der Waals surface area (Å²) < 4.78 is 66.8. The second-order valence-corrected chi connectivity index (χ2v) is 9.70. The van der Waals surface area contributed by atoms with Crippen molar-refractivity contribution in [3.63, 3.8) is 0 Å². The molecule has 0 spiro atoms. The highest BCUT2D eigenvalue weighted by atomic mass is 32.2. The van der Waals surface area contributed by atoms with E-state index in [1.807, 2.05) is 13.8 Å². The highest BCUT2D eigenvalue weighted by molar-refractivity contribution is 7.86. The second kappa shape index (κ2) is 7.35. The molecule has 0 saturated carbocycles. The molecule has 0 bridgehead atoms. The van der Waals surface area contributed by atoms with Gasteiger partial charge in [-0.15, -0.1) is 6.58 Å². The van der Waals surface area contributed by atoms with Gasteiger partial charge in [-0.1, -0.05) is 19.9 Å². The Labute approximate surface area is 160 Å². The molecule has 0 radical (unpaired) electrons. The van der Waals surface area contributed by atoms with E-state index < -0.39 is 20.2 Å². The summed E-state index contributed by atoms with van der Waals surface area (Å²) in [5.41, 5.74) is 2.29. The van der Waals surface area contributed by atoms with Crippen molar-refractivity contribution in [3.8, 4) is 0 Å². The Morgan fingerprint density at radius 3 is 1.96 bits per heavy atom. The number of allylic oxidation sites excluding steroid dienone is 1. The molecular formula is C19H24O6S2. The maximum absolute atomic E-state index is 11.9. The van der Waals surface area contributed by atoms with E-state index in [1.54, 1.807) is 19.9 Å². The van der Waals surface area contributed by atoms with E-state index in [0.29, 0.717) is 34.9 Å².